The van der Waals surface area contributed by atoms with Crippen LogP contribution >= 0.6 is 23.2 Å². The molecule has 1 N–H and O–H groups in total. The molecule has 5 heteroatoms. The van der Waals surface area contributed by atoms with Gasteiger partial charge in [0.1, 0.15) is 5.75 Å². The van der Waals surface area contributed by atoms with Crippen LogP contribution in [0.1, 0.15) is 26.3 Å². The number of hydrogen-bond acceptors (Lipinski definition) is 3. The van der Waals surface area contributed by atoms with Gasteiger partial charge in [-0.3, -0.25) is 0 Å². The molecule has 20 heavy (non-hydrogen) atoms. The Balaban J connectivity index is 2.34. The summed E-state index contributed by atoms with van der Waals surface area (Å²) in [6.07, 6.45) is 0.734. The predicted molar refractivity (Wildman–Crippen MR) is 85.3 cm³/mol. The number of hydrogen-bond donors (Lipinski definition) is 1. The van der Waals surface area contributed by atoms with E-state index < -0.39 is 0 Å². The monoisotopic (exact) mass is 319 g/mol. The second-order valence-corrected chi connectivity index (χ2v) is 6.43. The molecule has 1 rings (SSSR count). The molecule has 0 amide bonds. The second-order valence-electron chi connectivity index (χ2n) is 5.62. The molecule has 0 fully saturated rings. The van der Waals surface area contributed by atoms with E-state index in [4.69, 9.17) is 32.7 Å². The normalized spacial score (nSPS) is 11.7. The Hall–Kier alpha value is -0.480. The largest absolute Gasteiger partial charge is 0.495 e. The van der Waals surface area contributed by atoms with Gasteiger partial charge in [0, 0.05) is 23.2 Å². The summed E-state index contributed by atoms with van der Waals surface area (Å²) >= 11 is 12.3. The number of rotatable bonds is 7. The fourth-order valence-corrected chi connectivity index (χ4v) is 2.21. The second kappa shape index (κ2) is 8.08. The quantitative estimate of drug-likeness (QED) is 0.772. The van der Waals surface area contributed by atoms with Crippen LogP contribution in [-0.2, 0) is 11.2 Å². The Morgan fingerprint density at radius 2 is 1.80 bits per heavy atom. The summed E-state index contributed by atoms with van der Waals surface area (Å²) in [6, 6.07) is 3.57. The molecule has 1 aromatic carbocycles. The molecule has 0 bridgehead atoms. The van der Waals surface area contributed by atoms with E-state index in [0.717, 1.165) is 18.5 Å². The van der Waals surface area contributed by atoms with Crippen LogP contribution in [0.2, 0.25) is 10.0 Å². The van der Waals surface area contributed by atoms with E-state index >= 15 is 0 Å². The summed E-state index contributed by atoms with van der Waals surface area (Å²) in [5.41, 5.74) is 1.09. The predicted octanol–water partition coefficient (Wildman–Crippen LogP) is 3.95. The van der Waals surface area contributed by atoms with Gasteiger partial charge in [0.05, 0.1) is 25.3 Å². The first-order chi connectivity index (χ1) is 9.33. The fourth-order valence-electron chi connectivity index (χ4n) is 1.70. The van der Waals surface area contributed by atoms with Gasteiger partial charge in [0.2, 0.25) is 0 Å². The first-order valence-corrected chi connectivity index (χ1v) is 7.44. The van der Waals surface area contributed by atoms with Crippen LogP contribution in [0.15, 0.2) is 12.1 Å². The highest BCUT2D eigenvalue weighted by Gasteiger charge is 2.09. The molecule has 1 aromatic rings. The van der Waals surface area contributed by atoms with E-state index in [1.807, 2.05) is 6.07 Å². The highest BCUT2D eigenvalue weighted by molar-refractivity contribution is 6.34. The minimum absolute atomic E-state index is 0.121. The minimum Gasteiger partial charge on any atom is -0.495 e. The highest BCUT2D eigenvalue weighted by atomic mass is 35.5. The van der Waals surface area contributed by atoms with Gasteiger partial charge in [-0.2, -0.15) is 0 Å². The topological polar surface area (TPSA) is 30.5 Å². The Morgan fingerprint density at radius 3 is 2.40 bits per heavy atom. The zero-order chi connectivity index (χ0) is 15.2. The third-order valence-electron chi connectivity index (χ3n) is 2.74. The molecule has 0 aromatic heterocycles. The van der Waals surface area contributed by atoms with E-state index in [2.05, 4.69) is 26.1 Å². The minimum atomic E-state index is 0.121. The van der Waals surface area contributed by atoms with Crippen LogP contribution in [-0.4, -0.2) is 32.4 Å². The first-order valence-electron chi connectivity index (χ1n) is 6.68. The summed E-state index contributed by atoms with van der Waals surface area (Å²) in [5, 5.41) is 4.59. The maximum atomic E-state index is 6.17. The summed E-state index contributed by atoms with van der Waals surface area (Å²) < 4.78 is 10.7. The zero-order valence-corrected chi connectivity index (χ0v) is 14.1. The first kappa shape index (κ1) is 17.6. The number of methoxy groups -OCH3 is 1. The molecule has 0 saturated carbocycles. The Morgan fingerprint density at radius 1 is 1.10 bits per heavy atom. The number of nitrogens with one attached hydrogen (secondary N) is 1. The Kier molecular flexibility index (Phi) is 7.10. The molecule has 0 atom stereocenters. The lowest BCUT2D eigenvalue weighted by Crippen LogP contribution is -2.38. The molecule has 0 saturated heterocycles. The van der Waals surface area contributed by atoms with Crippen LogP contribution in [0.3, 0.4) is 0 Å². The summed E-state index contributed by atoms with van der Waals surface area (Å²) in [7, 11) is 1.57. The SMILES string of the molecule is COc1cc(Cl)c(CCOCCNC(C)(C)C)cc1Cl. The van der Waals surface area contributed by atoms with Crippen molar-refractivity contribution in [1.29, 1.82) is 0 Å². The lowest BCUT2D eigenvalue weighted by atomic mass is 10.1. The van der Waals surface area contributed by atoms with Crippen molar-refractivity contribution in [3.8, 4) is 5.75 Å². The smallest absolute Gasteiger partial charge is 0.138 e. The van der Waals surface area contributed by atoms with Crippen LogP contribution in [0.5, 0.6) is 5.75 Å². The maximum Gasteiger partial charge on any atom is 0.138 e. The molecular formula is C15H23Cl2NO2. The van der Waals surface area contributed by atoms with E-state index in [1.54, 1.807) is 13.2 Å². The zero-order valence-electron chi connectivity index (χ0n) is 12.6. The van der Waals surface area contributed by atoms with E-state index in [-0.39, 0.29) is 5.54 Å². The molecular weight excluding hydrogens is 297 g/mol. The summed E-state index contributed by atoms with van der Waals surface area (Å²) in [6.45, 7) is 8.53. The van der Waals surface area contributed by atoms with Crippen molar-refractivity contribution in [2.75, 3.05) is 26.9 Å². The Bertz CT molecular complexity index is 431. The van der Waals surface area contributed by atoms with Gasteiger partial charge in [0.15, 0.2) is 0 Å². The fraction of sp³-hybridized carbons (Fsp3) is 0.600. The number of ether oxygens (including phenoxy) is 2. The molecule has 0 radical (unpaired) electrons. The van der Waals surface area contributed by atoms with Crippen LogP contribution in [0.4, 0.5) is 0 Å². The number of benzene rings is 1. The molecule has 0 aliphatic carbocycles. The summed E-state index contributed by atoms with van der Waals surface area (Å²) in [4.78, 5) is 0. The van der Waals surface area contributed by atoms with E-state index in [9.17, 15) is 0 Å². The molecule has 0 unspecified atom stereocenters. The van der Waals surface area contributed by atoms with Gasteiger partial charge in [-0.15, -0.1) is 0 Å². The summed E-state index contributed by atoms with van der Waals surface area (Å²) in [5.74, 6) is 0.593. The van der Waals surface area contributed by atoms with Crippen LogP contribution < -0.4 is 10.1 Å². The van der Waals surface area contributed by atoms with Crippen molar-refractivity contribution in [2.24, 2.45) is 0 Å². The molecule has 0 spiro atoms. The van der Waals surface area contributed by atoms with Crippen molar-refractivity contribution < 1.29 is 9.47 Å². The third-order valence-corrected chi connectivity index (χ3v) is 3.39. The lowest BCUT2D eigenvalue weighted by molar-refractivity contribution is 0.133. The van der Waals surface area contributed by atoms with Crippen molar-refractivity contribution in [3.05, 3.63) is 27.7 Å². The molecule has 114 valence electrons. The van der Waals surface area contributed by atoms with Crippen molar-refractivity contribution in [1.82, 2.24) is 5.32 Å². The van der Waals surface area contributed by atoms with Gasteiger partial charge in [0.25, 0.3) is 0 Å². The molecule has 0 aliphatic heterocycles. The van der Waals surface area contributed by atoms with Crippen molar-refractivity contribution in [2.45, 2.75) is 32.7 Å². The van der Waals surface area contributed by atoms with Gasteiger partial charge in [-0.05, 0) is 38.8 Å². The van der Waals surface area contributed by atoms with E-state index in [1.165, 1.54) is 0 Å². The van der Waals surface area contributed by atoms with Gasteiger partial charge in [-0.1, -0.05) is 23.2 Å². The number of halogens is 2. The standard InChI is InChI=1S/C15H23Cl2NO2/c1-15(2,3)18-6-8-20-7-5-11-9-13(17)14(19-4)10-12(11)16/h9-10,18H,5-8H2,1-4H3. The lowest BCUT2D eigenvalue weighted by Gasteiger charge is -2.20. The molecule has 3 nitrogen and oxygen atoms in total. The van der Waals surface area contributed by atoms with E-state index in [0.29, 0.717) is 29.0 Å². The van der Waals surface area contributed by atoms with Gasteiger partial charge in [-0.25, -0.2) is 0 Å². The van der Waals surface area contributed by atoms with Crippen molar-refractivity contribution in [3.63, 3.8) is 0 Å². The Labute approximate surface area is 131 Å². The average molecular weight is 320 g/mol. The van der Waals surface area contributed by atoms with Crippen molar-refractivity contribution >= 4 is 23.2 Å². The highest BCUT2D eigenvalue weighted by Crippen LogP contribution is 2.31. The average Bonchev–Trinajstić information content (AvgIpc) is 2.35. The molecule has 0 aliphatic rings. The van der Waals surface area contributed by atoms with Gasteiger partial charge >= 0.3 is 0 Å². The van der Waals surface area contributed by atoms with Gasteiger partial charge < -0.3 is 14.8 Å². The maximum absolute atomic E-state index is 6.17. The van der Waals surface area contributed by atoms with Crippen LogP contribution in [0.25, 0.3) is 0 Å². The third kappa shape index (κ3) is 6.31. The molecule has 0 heterocycles. The van der Waals surface area contributed by atoms with Crippen LogP contribution in [0, 0.1) is 0 Å².